The lowest BCUT2D eigenvalue weighted by Crippen LogP contribution is -2.42. The largest absolute Gasteiger partial charge is 0.456 e. The Labute approximate surface area is 357 Å². The van der Waals surface area contributed by atoms with E-state index in [4.69, 9.17) is 19.1 Å². The number of rotatable bonds is 11. The van der Waals surface area contributed by atoms with Gasteiger partial charge in [0.1, 0.15) is 35.1 Å². The smallest absolute Gasteiger partial charge is 0.407 e. The van der Waals surface area contributed by atoms with Gasteiger partial charge in [-0.25, -0.2) is 14.8 Å². The molecule has 1 unspecified atom stereocenters. The highest BCUT2D eigenvalue weighted by atomic mass is 16.5. The van der Waals surface area contributed by atoms with E-state index in [0.717, 1.165) is 76.1 Å². The molecule has 14 nitrogen and oxygen atoms in total. The number of carbonyl (C=O) groups excluding carboxylic acids is 4. The van der Waals surface area contributed by atoms with Crippen molar-refractivity contribution in [2.45, 2.75) is 56.8 Å². The number of aromatic amines is 2. The zero-order chi connectivity index (χ0) is 42.7. The maximum absolute atomic E-state index is 13.9. The molecule has 2 saturated heterocycles. The van der Waals surface area contributed by atoms with Gasteiger partial charge in [-0.2, -0.15) is 0 Å². The minimum atomic E-state index is -0.890. The summed E-state index contributed by atoms with van der Waals surface area (Å²) in [5.74, 6) is 1.47. The Balaban J connectivity index is 0.885. The number of furan rings is 1. The molecular weight excluding hydrogens is 785 g/mol. The average molecular weight is 831 g/mol. The molecule has 4 atom stereocenters. The van der Waals surface area contributed by atoms with Crippen LogP contribution in [-0.4, -0.2) is 73.7 Å². The van der Waals surface area contributed by atoms with Crippen LogP contribution >= 0.6 is 0 Å². The Morgan fingerprint density at radius 1 is 0.677 bits per heavy atom. The fraction of sp³-hybridized carbons (Fsp3) is 0.250. The van der Waals surface area contributed by atoms with Gasteiger partial charge in [-0.1, -0.05) is 84.9 Å². The number of ether oxygens (including phenoxy) is 1. The van der Waals surface area contributed by atoms with Gasteiger partial charge >= 0.3 is 6.09 Å². The van der Waals surface area contributed by atoms with Crippen LogP contribution in [0.4, 0.5) is 4.79 Å². The zero-order valence-electron chi connectivity index (χ0n) is 34.3. The molecule has 0 bridgehead atoms. The van der Waals surface area contributed by atoms with Crippen LogP contribution in [0.25, 0.3) is 44.8 Å². The Morgan fingerprint density at radius 2 is 1.19 bits per heavy atom. The third-order valence-electron chi connectivity index (χ3n) is 11.8. The van der Waals surface area contributed by atoms with Gasteiger partial charge in [0.2, 0.25) is 11.8 Å². The molecule has 0 saturated carbocycles. The van der Waals surface area contributed by atoms with E-state index in [1.165, 1.54) is 14.0 Å². The second-order valence-electron chi connectivity index (χ2n) is 15.7. The van der Waals surface area contributed by atoms with Crippen molar-refractivity contribution < 1.29 is 28.3 Å². The van der Waals surface area contributed by atoms with Crippen LogP contribution in [0.1, 0.15) is 79.6 Å². The van der Waals surface area contributed by atoms with Crippen LogP contribution in [0, 0.1) is 0 Å². The Hall–Kier alpha value is -7.48. The first-order valence-corrected chi connectivity index (χ1v) is 20.8. The van der Waals surface area contributed by atoms with Crippen LogP contribution < -0.4 is 10.6 Å². The summed E-state index contributed by atoms with van der Waals surface area (Å²) in [5.41, 5.74) is 6.58. The number of fused-ring (bicyclic) bond motifs is 1. The van der Waals surface area contributed by atoms with Crippen LogP contribution in [0.3, 0.4) is 0 Å². The molecular formula is C48H46N8O6. The molecule has 7 aromatic rings. The summed E-state index contributed by atoms with van der Waals surface area (Å²) in [4.78, 5) is 72.1. The predicted molar refractivity (Wildman–Crippen MR) is 232 cm³/mol. The van der Waals surface area contributed by atoms with E-state index >= 15 is 0 Å². The van der Waals surface area contributed by atoms with Crippen molar-refractivity contribution in [2.75, 3.05) is 20.2 Å². The first-order valence-electron chi connectivity index (χ1n) is 20.8. The molecule has 4 N–H and O–H groups in total. The van der Waals surface area contributed by atoms with Crippen molar-refractivity contribution in [3.63, 3.8) is 0 Å². The van der Waals surface area contributed by atoms with Crippen LogP contribution in [0.2, 0.25) is 0 Å². The standard InChI is InChI=1S/C48H46N8O6/c1-29(57)51-42(32-11-5-3-6-12-32)46(58)55-23-9-16-39(55)45-50-28-37(53-45)34-21-22-40-35(25-34)26-41(62-40)31-19-17-30(18-20-31)36-27-49-44(52-36)38-15-10-24-56(38)47(59)43(54-48(60)61-2)33-13-7-4-8-14-33/h3-8,11-14,17-22,25-28,38-39,42-43H,9-10,15-16,23-24H2,1-2H3,(H,49,52)(H,50,53)(H,51,57)(H,54,60)/t38-,39?,42+,43+/m0/s1. The lowest BCUT2D eigenvalue weighted by Gasteiger charge is -2.28. The van der Waals surface area contributed by atoms with E-state index in [2.05, 4.69) is 26.7 Å². The highest BCUT2D eigenvalue weighted by Crippen LogP contribution is 2.37. The fourth-order valence-electron chi connectivity index (χ4n) is 8.68. The number of benzene rings is 4. The van der Waals surface area contributed by atoms with Gasteiger partial charge in [-0.3, -0.25) is 14.4 Å². The van der Waals surface area contributed by atoms with Gasteiger partial charge in [-0.05, 0) is 66.6 Å². The summed E-state index contributed by atoms with van der Waals surface area (Å²) in [5, 5.41) is 6.49. The Kier molecular flexibility index (Phi) is 11.1. The van der Waals surface area contributed by atoms with Gasteiger partial charge in [0, 0.05) is 36.5 Å². The number of hydrogen-bond acceptors (Lipinski definition) is 8. The third kappa shape index (κ3) is 8.06. The van der Waals surface area contributed by atoms with Gasteiger partial charge in [0.05, 0.1) is 43.0 Å². The molecule has 0 spiro atoms. The second kappa shape index (κ2) is 17.2. The van der Waals surface area contributed by atoms with E-state index in [1.807, 2.05) is 108 Å². The van der Waals surface area contributed by atoms with Crippen molar-refractivity contribution in [1.82, 2.24) is 40.4 Å². The first-order chi connectivity index (χ1) is 30.2. The summed E-state index contributed by atoms with van der Waals surface area (Å²) >= 11 is 0. The molecule has 2 aliphatic heterocycles. The number of methoxy groups -OCH3 is 1. The zero-order valence-corrected chi connectivity index (χ0v) is 34.3. The quantitative estimate of drug-likeness (QED) is 0.101. The highest BCUT2D eigenvalue weighted by Gasteiger charge is 2.38. The van der Waals surface area contributed by atoms with Gasteiger partial charge in [0.25, 0.3) is 5.91 Å². The number of alkyl carbamates (subject to hydrolysis) is 1. The molecule has 14 heteroatoms. The molecule has 314 valence electrons. The molecule has 4 aromatic carbocycles. The Bertz CT molecular complexity index is 2730. The maximum atomic E-state index is 13.9. The minimum Gasteiger partial charge on any atom is -0.456 e. The highest BCUT2D eigenvalue weighted by molar-refractivity contribution is 5.90. The fourth-order valence-corrected chi connectivity index (χ4v) is 8.68. The lowest BCUT2D eigenvalue weighted by atomic mass is 10.0. The predicted octanol–water partition coefficient (Wildman–Crippen LogP) is 8.18. The summed E-state index contributed by atoms with van der Waals surface area (Å²) in [6, 6.07) is 32.3. The van der Waals surface area contributed by atoms with Gasteiger partial charge in [0.15, 0.2) is 0 Å². The number of aromatic nitrogens is 4. The molecule has 0 radical (unpaired) electrons. The monoisotopic (exact) mass is 830 g/mol. The molecule has 9 rings (SSSR count). The summed E-state index contributed by atoms with van der Waals surface area (Å²) in [7, 11) is 1.28. The summed E-state index contributed by atoms with van der Waals surface area (Å²) in [6.45, 7) is 2.54. The number of H-pyrrole nitrogens is 2. The van der Waals surface area contributed by atoms with E-state index in [1.54, 1.807) is 17.3 Å². The number of carbonyl (C=O) groups is 4. The number of nitrogens with one attached hydrogen (secondary N) is 4. The number of nitrogens with zero attached hydrogens (tertiary/aromatic N) is 4. The minimum absolute atomic E-state index is 0.157. The first kappa shape index (κ1) is 40.0. The van der Waals surface area contributed by atoms with Crippen molar-refractivity contribution in [3.8, 4) is 33.8 Å². The van der Waals surface area contributed by atoms with E-state index in [-0.39, 0.29) is 29.8 Å². The second-order valence-corrected chi connectivity index (χ2v) is 15.7. The number of imidazole rings is 2. The number of hydrogen-bond donors (Lipinski definition) is 4. The molecule has 2 fully saturated rings. The summed E-state index contributed by atoms with van der Waals surface area (Å²) < 4.78 is 11.1. The normalized spacial score (nSPS) is 17.2. The third-order valence-corrected chi connectivity index (χ3v) is 11.8. The van der Waals surface area contributed by atoms with E-state index in [0.29, 0.717) is 30.3 Å². The molecule has 5 heterocycles. The van der Waals surface area contributed by atoms with Crippen LogP contribution in [0.5, 0.6) is 0 Å². The SMILES string of the molecule is COC(=O)N[C@@H](C(=O)N1CCC[C@H]1c1ncc(-c2ccc(-c3cc4cc(-c5cnc(C6CCCN6C(=O)[C@H](NC(C)=O)c6ccccc6)[nH]5)ccc4o3)cc2)[nH]1)c1ccccc1. The molecule has 3 aromatic heterocycles. The van der Waals surface area contributed by atoms with Gasteiger partial charge in [-0.15, -0.1) is 0 Å². The number of likely N-dealkylation sites (tertiary alicyclic amines) is 2. The average Bonchev–Trinajstić information content (AvgIpc) is 4.16. The molecule has 62 heavy (non-hydrogen) atoms. The van der Waals surface area contributed by atoms with Crippen molar-refractivity contribution >= 4 is 34.8 Å². The van der Waals surface area contributed by atoms with Crippen molar-refractivity contribution in [2.24, 2.45) is 0 Å². The number of amides is 4. The van der Waals surface area contributed by atoms with Crippen LogP contribution in [0.15, 0.2) is 126 Å². The summed E-state index contributed by atoms with van der Waals surface area (Å²) in [6.07, 6.45) is 6.05. The van der Waals surface area contributed by atoms with E-state index < -0.39 is 18.2 Å². The van der Waals surface area contributed by atoms with Crippen molar-refractivity contribution in [3.05, 3.63) is 144 Å². The Morgan fingerprint density at radius 3 is 1.74 bits per heavy atom. The molecule has 4 amide bonds. The molecule has 2 aliphatic rings. The van der Waals surface area contributed by atoms with E-state index in [9.17, 15) is 19.2 Å². The van der Waals surface area contributed by atoms with Gasteiger partial charge < -0.3 is 39.6 Å². The van der Waals surface area contributed by atoms with Crippen LogP contribution in [-0.2, 0) is 19.1 Å². The van der Waals surface area contributed by atoms with Crippen molar-refractivity contribution in [1.29, 1.82) is 0 Å². The molecule has 0 aliphatic carbocycles. The lowest BCUT2D eigenvalue weighted by molar-refractivity contribution is -0.137. The topological polar surface area (TPSA) is 179 Å². The maximum Gasteiger partial charge on any atom is 0.407 e.